The molecule has 0 saturated heterocycles. The largest absolute Gasteiger partial charge is 0.333 e. The molecule has 1 aliphatic carbocycles. The minimum Gasteiger partial charge on any atom is -0.333 e. The van der Waals surface area contributed by atoms with Gasteiger partial charge >= 0.3 is 0 Å². The number of rotatable bonds is 4. The molecule has 208 valence electrons. The summed E-state index contributed by atoms with van der Waals surface area (Å²) in [5.41, 5.74) is 12.5. The number of hydrogen-bond donors (Lipinski definition) is 0. The second kappa shape index (κ2) is 10.00. The van der Waals surface area contributed by atoms with E-state index in [-0.39, 0.29) is 0 Å². The molecule has 44 heavy (non-hydrogen) atoms. The summed E-state index contributed by atoms with van der Waals surface area (Å²) < 4.78 is 2.37. The lowest BCUT2D eigenvalue weighted by molar-refractivity contribution is 0.745. The molecule has 0 fully saturated rings. The van der Waals surface area contributed by atoms with Crippen LogP contribution in [0.2, 0.25) is 0 Å². The topological polar surface area (TPSA) is 8.17 Å². The zero-order chi connectivity index (χ0) is 29.0. The van der Waals surface area contributed by atoms with Crippen molar-refractivity contribution in [2.45, 2.75) is 12.0 Å². The maximum Gasteiger partial charge on any atom is 0.0629 e. The summed E-state index contributed by atoms with van der Waals surface area (Å²) in [4.78, 5) is 2.49. The molecular formula is C42H30N2. The second-order valence-corrected chi connectivity index (χ2v) is 11.7. The van der Waals surface area contributed by atoms with Gasteiger partial charge in [0.25, 0.3) is 0 Å². The van der Waals surface area contributed by atoms with Crippen molar-refractivity contribution in [3.63, 3.8) is 0 Å². The summed E-state index contributed by atoms with van der Waals surface area (Å²) in [7, 11) is 0. The summed E-state index contributed by atoms with van der Waals surface area (Å²) in [6.07, 6.45) is 9.02. The highest BCUT2D eigenvalue weighted by Gasteiger charge is 2.36. The highest BCUT2D eigenvalue weighted by atomic mass is 15.2. The van der Waals surface area contributed by atoms with E-state index in [0.717, 1.165) is 0 Å². The lowest BCUT2D eigenvalue weighted by atomic mass is 9.91. The third kappa shape index (κ3) is 3.81. The Kier molecular flexibility index (Phi) is 5.67. The van der Waals surface area contributed by atoms with Crippen LogP contribution >= 0.6 is 0 Å². The lowest BCUT2D eigenvalue weighted by Gasteiger charge is -2.29. The van der Waals surface area contributed by atoms with E-state index in [0.29, 0.717) is 12.0 Å². The van der Waals surface area contributed by atoms with E-state index in [2.05, 4.69) is 179 Å². The van der Waals surface area contributed by atoms with Gasteiger partial charge in [0.05, 0.1) is 17.1 Å². The monoisotopic (exact) mass is 562 g/mol. The first-order valence-corrected chi connectivity index (χ1v) is 15.4. The number of fused-ring (bicyclic) bond motifs is 6. The smallest absolute Gasteiger partial charge is 0.0629 e. The molecule has 2 unspecified atom stereocenters. The van der Waals surface area contributed by atoms with Crippen molar-refractivity contribution in [2.24, 2.45) is 0 Å². The molecule has 2 nitrogen and oxygen atoms in total. The van der Waals surface area contributed by atoms with E-state index in [1.807, 2.05) is 0 Å². The first-order chi connectivity index (χ1) is 21.8. The van der Waals surface area contributed by atoms with Gasteiger partial charge in [-0.25, -0.2) is 0 Å². The fourth-order valence-electron chi connectivity index (χ4n) is 7.37. The molecule has 0 bridgehead atoms. The van der Waals surface area contributed by atoms with E-state index >= 15 is 0 Å². The summed E-state index contributed by atoms with van der Waals surface area (Å²) in [5.74, 6) is 0.391. The average Bonchev–Trinajstić information content (AvgIpc) is 3.62. The van der Waals surface area contributed by atoms with Gasteiger partial charge in [0, 0.05) is 33.8 Å². The third-order valence-electron chi connectivity index (χ3n) is 9.36. The number of para-hydroxylation sites is 3. The number of allylic oxidation sites excluding steroid dienone is 2. The van der Waals surface area contributed by atoms with Crippen LogP contribution in [0, 0.1) is 0 Å². The molecule has 1 aromatic heterocycles. The van der Waals surface area contributed by atoms with Gasteiger partial charge in [-0.05, 0) is 70.3 Å². The minimum absolute atomic E-state index is 0.309. The molecule has 0 spiro atoms. The first-order valence-electron chi connectivity index (χ1n) is 15.4. The molecule has 9 rings (SSSR count). The Hall–Kier alpha value is -5.60. The standard InChI is InChI=1S/C42H30N2/c1-2-12-34(30-23-27-32(28-24-30)44-41-19-9-5-15-37(41)38-16-6-10-20-42(38)44)33(11-1)29-21-25-31(26-22-29)43-39-17-7-3-13-35(39)36-14-4-8-18-40(36)43/h1-28,35,39H. The Balaban J connectivity index is 1.07. The van der Waals surface area contributed by atoms with Gasteiger partial charge in [-0.3, -0.25) is 0 Å². The van der Waals surface area contributed by atoms with E-state index in [9.17, 15) is 0 Å². The number of benzene rings is 6. The first kappa shape index (κ1) is 24.9. The van der Waals surface area contributed by atoms with Crippen molar-refractivity contribution < 1.29 is 0 Å². The zero-order valence-corrected chi connectivity index (χ0v) is 24.2. The van der Waals surface area contributed by atoms with Gasteiger partial charge in [0.1, 0.15) is 0 Å². The predicted octanol–water partition coefficient (Wildman–Crippen LogP) is 10.8. The summed E-state index contributed by atoms with van der Waals surface area (Å²) in [6, 6.07) is 53.4. The SMILES string of the molecule is C1=CC2c3ccccc3N(c3ccc(-c4ccccc4-c4ccc(-n5c6ccccc6c6ccccc65)cc4)cc3)C2C=C1. The zero-order valence-electron chi connectivity index (χ0n) is 24.2. The molecular weight excluding hydrogens is 532 g/mol. The fourth-order valence-corrected chi connectivity index (χ4v) is 7.37. The fraction of sp³-hybridized carbons (Fsp3) is 0.0476. The van der Waals surface area contributed by atoms with Crippen LogP contribution < -0.4 is 4.90 Å². The molecule has 1 aliphatic heterocycles. The molecule has 0 N–H and O–H groups in total. The van der Waals surface area contributed by atoms with Crippen molar-refractivity contribution in [2.75, 3.05) is 4.90 Å². The van der Waals surface area contributed by atoms with Crippen molar-refractivity contribution in [3.05, 3.63) is 175 Å². The van der Waals surface area contributed by atoms with Crippen molar-refractivity contribution >= 4 is 33.2 Å². The van der Waals surface area contributed by atoms with Gasteiger partial charge in [0.15, 0.2) is 0 Å². The van der Waals surface area contributed by atoms with Crippen LogP contribution in [0.3, 0.4) is 0 Å². The second-order valence-electron chi connectivity index (χ2n) is 11.7. The quantitative estimate of drug-likeness (QED) is 0.207. The number of anilines is 2. The van der Waals surface area contributed by atoms with Crippen LogP contribution in [0.15, 0.2) is 170 Å². The molecule has 2 atom stereocenters. The highest BCUT2D eigenvalue weighted by Crippen LogP contribution is 2.47. The van der Waals surface area contributed by atoms with E-state index in [1.54, 1.807) is 0 Å². The van der Waals surface area contributed by atoms with E-state index in [4.69, 9.17) is 0 Å². The lowest BCUT2D eigenvalue weighted by Crippen LogP contribution is -2.28. The molecule has 0 amide bonds. The van der Waals surface area contributed by atoms with Crippen LogP contribution in [0.25, 0.3) is 49.7 Å². The van der Waals surface area contributed by atoms with E-state index < -0.39 is 0 Å². The van der Waals surface area contributed by atoms with E-state index in [1.165, 1.54) is 66.7 Å². The van der Waals surface area contributed by atoms with Gasteiger partial charge < -0.3 is 9.47 Å². The Bertz CT molecular complexity index is 2180. The third-order valence-corrected chi connectivity index (χ3v) is 9.36. The molecule has 2 aliphatic rings. The Labute approximate surface area is 257 Å². The number of hydrogen-bond acceptors (Lipinski definition) is 1. The van der Waals surface area contributed by atoms with Gasteiger partial charge in [-0.2, -0.15) is 0 Å². The van der Waals surface area contributed by atoms with Crippen molar-refractivity contribution in [3.8, 4) is 27.9 Å². The van der Waals surface area contributed by atoms with Crippen LogP contribution in [0.4, 0.5) is 11.4 Å². The summed E-state index contributed by atoms with van der Waals surface area (Å²) >= 11 is 0. The average molecular weight is 563 g/mol. The van der Waals surface area contributed by atoms with Crippen LogP contribution in [0.1, 0.15) is 11.5 Å². The molecule has 6 aromatic carbocycles. The normalized spacial score (nSPS) is 16.9. The molecule has 2 heteroatoms. The Morgan fingerprint density at radius 1 is 0.432 bits per heavy atom. The van der Waals surface area contributed by atoms with Crippen LogP contribution in [0.5, 0.6) is 0 Å². The molecule has 0 saturated carbocycles. The number of nitrogens with zero attached hydrogens (tertiary/aromatic N) is 2. The van der Waals surface area contributed by atoms with Crippen molar-refractivity contribution in [1.82, 2.24) is 4.57 Å². The molecule has 0 radical (unpaired) electrons. The maximum absolute atomic E-state index is 2.49. The minimum atomic E-state index is 0.309. The van der Waals surface area contributed by atoms with Gasteiger partial charge in [-0.15, -0.1) is 0 Å². The number of aromatic nitrogens is 1. The summed E-state index contributed by atoms with van der Waals surface area (Å²) in [6.45, 7) is 0. The van der Waals surface area contributed by atoms with Crippen LogP contribution in [-0.4, -0.2) is 10.6 Å². The predicted molar refractivity (Wildman–Crippen MR) is 185 cm³/mol. The summed E-state index contributed by atoms with van der Waals surface area (Å²) in [5, 5.41) is 2.56. The van der Waals surface area contributed by atoms with Crippen molar-refractivity contribution in [1.29, 1.82) is 0 Å². The molecule has 2 heterocycles. The van der Waals surface area contributed by atoms with Gasteiger partial charge in [-0.1, -0.05) is 127 Å². The van der Waals surface area contributed by atoms with Crippen LogP contribution in [-0.2, 0) is 0 Å². The maximum atomic E-state index is 2.49. The Morgan fingerprint density at radius 3 is 1.61 bits per heavy atom. The van der Waals surface area contributed by atoms with Gasteiger partial charge in [0.2, 0.25) is 0 Å². The molecule has 7 aromatic rings. The Morgan fingerprint density at radius 2 is 0.955 bits per heavy atom. The highest BCUT2D eigenvalue weighted by molar-refractivity contribution is 6.09.